The third kappa shape index (κ3) is 1.70. The molecule has 2 aromatic heterocycles. The molecule has 6 heteroatoms. The average Bonchev–Trinajstić information content (AvgIpc) is 3.04. The number of methoxy groups -OCH3 is 2. The molecule has 1 N–H and O–H groups in total. The number of hydrogen-bond donors (Lipinski definition) is 1. The predicted octanol–water partition coefficient (Wildman–Crippen LogP) is 2.70. The van der Waals surface area contributed by atoms with E-state index < -0.39 is 0 Å². The van der Waals surface area contributed by atoms with Crippen LogP contribution in [0.5, 0.6) is 11.5 Å². The molecular formula is C12H11N3O2S. The lowest BCUT2D eigenvalue weighted by molar-refractivity contribution is 0.356. The molecule has 5 nitrogen and oxygen atoms in total. The van der Waals surface area contributed by atoms with Crippen LogP contribution in [0.1, 0.15) is 0 Å². The Balaban J connectivity index is 2.17. The molecule has 3 rings (SSSR count). The van der Waals surface area contributed by atoms with Gasteiger partial charge in [-0.15, -0.1) is 11.3 Å². The van der Waals surface area contributed by atoms with E-state index in [0.29, 0.717) is 11.5 Å². The molecule has 0 spiro atoms. The molecule has 0 aliphatic rings. The largest absolute Gasteiger partial charge is 0.493 e. The van der Waals surface area contributed by atoms with Crippen LogP contribution in [0.2, 0.25) is 0 Å². The maximum atomic E-state index is 5.26. The van der Waals surface area contributed by atoms with Gasteiger partial charge in [0.25, 0.3) is 0 Å². The number of aromatic nitrogens is 3. The van der Waals surface area contributed by atoms with E-state index in [9.17, 15) is 0 Å². The number of imidazole rings is 1. The molecule has 0 amide bonds. The number of rotatable bonds is 3. The molecule has 0 unspecified atom stereocenters. The van der Waals surface area contributed by atoms with E-state index in [-0.39, 0.29) is 0 Å². The summed E-state index contributed by atoms with van der Waals surface area (Å²) in [4.78, 5) is 11.9. The van der Waals surface area contributed by atoms with Crippen LogP contribution < -0.4 is 9.47 Å². The van der Waals surface area contributed by atoms with Gasteiger partial charge in [-0.2, -0.15) is 0 Å². The highest BCUT2D eigenvalue weighted by molar-refractivity contribution is 7.07. The van der Waals surface area contributed by atoms with Crippen molar-refractivity contribution in [3.63, 3.8) is 0 Å². The maximum absolute atomic E-state index is 5.26. The van der Waals surface area contributed by atoms with Gasteiger partial charge in [-0.3, -0.25) is 0 Å². The van der Waals surface area contributed by atoms with Crippen LogP contribution in [0.15, 0.2) is 23.0 Å². The van der Waals surface area contributed by atoms with Gasteiger partial charge in [0.1, 0.15) is 5.69 Å². The number of fused-ring (bicyclic) bond motifs is 1. The number of benzene rings is 1. The van der Waals surface area contributed by atoms with E-state index in [2.05, 4.69) is 15.0 Å². The van der Waals surface area contributed by atoms with Crippen molar-refractivity contribution in [1.29, 1.82) is 0 Å². The Morgan fingerprint density at radius 1 is 1.17 bits per heavy atom. The third-order valence-corrected chi connectivity index (χ3v) is 3.25. The monoisotopic (exact) mass is 261 g/mol. The quantitative estimate of drug-likeness (QED) is 0.787. The number of ether oxygens (including phenoxy) is 2. The van der Waals surface area contributed by atoms with Crippen LogP contribution in [0.3, 0.4) is 0 Å². The first-order chi connectivity index (χ1) is 8.81. The van der Waals surface area contributed by atoms with E-state index in [4.69, 9.17) is 9.47 Å². The fourth-order valence-corrected chi connectivity index (χ4v) is 2.32. The summed E-state index contributed by atoms with van der Waals surface area (Å²) in [6.07, 6.45) is 0. The van der Waals surface area contributed by atoms with Crippen molar-refractivity contribution in [2.75, 3.05) is 14.2 Å². The summed E-state index contributed by atoms with van der Waals surface area (Å²) in [7, 11) is 3.22. The van der Waals surface area contributed by atoms with Gasteiger partial charge in [-0.1, -0.05) is 0 Å². The molecule has 0 aliphatic heterocycles. The van der Waals surface area contributed by atoms with Crippen LogP contribution in [0, 0.1) is 0 Å². The molecule has 1 aromatic carbocycles. The lowest BCUT2D eigenvalue weighted by Gasteiger charge is -2.06. The van der Waals surface area contributed by atoms with Gasteiger partial charge in [0.15, 0.2) is 17.3 Å². The number of nitrogens with zero attached hydrogens (tertiary/aromatic N) is 2. The zero-order valence-corrected chi connectivity index (χ0v) is 10.7. The molecule has 0 fully saturated rings. The Bertz CT molecular complexity index is 635. The highest BCUT2D eigenvalue weighted by atomic mass is 32.1. The summed E-state index contributed by atoms with van der Waals surface area (Å²) in [5, 5.41) is 1.95. The van der Waals surface area contributed by atoms with Crippen molar-refractivity contribution >= 4 is 22.4 Å². The first-order valence-electron chi connectivity index (χ1n) is 5.32. The van der Waals surface area contributed by atoms with Crippen molar-refractivity contribution in [3.8, 4) is 23.0 Å². The smallest absolute Gasteiger partial charge is 0.163 e. The Hall–Kier alpha value is -2.08. The summed E-state index contributed by atoms with van der Waals surface area (Å²) in [5.41, 5.74) is 4.35. The van der Waals surface area contributed by atoms with Gasteiger partial charge in [-0.25, -0.2) is 9.97 Å². The van der Waals surface area contributed by atoms with Gasteiger partial charge in [-0.05, 0) is 0 Å². The lowest BCUT2D eigenvalue weighted by Crippen LogP contribution is -1.89. The van der Waals surface area contributed by atoms with Gasteiger partial charge < -0.3 is 14.5 Å². The second kappa shape index (κ2) is 4.30. The SMILES string of the molecule is COc1cc2nc(-c3cscn3)[nH]c2cc1OC. The average molecular weight is 261 g/mol. The number of aromatic amines is 1. The van der Waals surface area contributed by atoms with Gasteiger partial charge in [0, 0.05) is 17.5 Å². The topological polar surface area (TPSA) is 60.0 Å². The Morgan fingerprint density at radius 3 is 2.61 bits per heavy atom. The zero-order valence-electron chi connectivity index (χ0n) is 9.93. The highest BCUT2D eigenvalue weighted by Gasteiger charge is 2.11. The minimum absolute atomic E-state index is 0.668. The fourth-order valence-electron chi connectivity index (χ4n) is 1.79. The van der Waals surface area contributed by atoms with E-state index in [1.165, 1.54) is 11.3 Å². The van der Waals surface area contributed by atoms with Crippen molar-refractivity contribution < 1.29 is 9.47 Å². The first-order valence-corrected chi connectivity index (χ1v) is 6.26. The molecule has 0 atom stereocenters. The van der Waals surface area contributed by atoms with E-state index >= 15 is 0 Å². The normalized spacial score (nSPS) is 10.8. The van der Waals surface area contributed by atoms with Gasteiger partial charge in [0.2, 0.25) is 0 Å². The number of nitrogens with one attached hydrogen (secondary N) is 1. The van der Waals surface area contributed by atoms with Crippen molar-refractivity contribution in [3.05, 3.63) is 23.0 Å². The molecule has 0 aliphatic carbocycles. The second-order valence-corrected chi connectivity index (χ2v) is 4.40. The van der Waals surface area contributed by atoms with Crippen molar-refractivity contribution in [2.24, 2.45) is 0 Å². The lowest BCUT2D eigenvalue weighted by atomic mass is 10.3. The predicted molar refractivity (Wildman–Crippen MR) is 70.3 cm³/mol. The van der Waals surface area contributed by atoms with E-state index in [1.54, 1.807) is 19.7 Å². The third-order valence-electron chi connectivity index (χ3n) is 2.66. The molecule has 0 radical (unpaired) electrons. The number of H-pyrrole nitrogens is 1. The summed E-state index contributed by atoms with van der Waals surface area (Å²) >= 11 is 1.54. The summed E-state index contributed by atoms with van der Waals surface area (Å²) in [5.74, 6) is 2.10. The molecule has 0 saturated carbocycles. The Morgan fingerprint density at radius 2 is 1.94 bits per heavy atom. The molecule has 18 heavy (non-hydrogen) atoms. The van der Waals surface area contributed by atoms with Crippen LogP contribution in [0.4, 0.5) is 0 Å². The Labute approximate surface area is 107 Å². The minimum Gasteiger partial charge on any atom is -0.493 e. The molecule has 2 heterocycles. The molecule has 0 bridgehead atoms. The minimum atomic E-state index is 0.668. The highest BCUT2D eigenvalue weighted by Crippen LogP contribution is 2.32. The fraction of sp³-hybridized carbons (Fsp3) is 0.167. The molecular weight excluding hydrogens is 250 g/mol. The standard InChI is InChI=1S/C12H11N3O2S/c1-16-10-3-7-8(4-11(10)17-2)15-12(14-7)9-5-18-6-13-9/h3-6H,1-2H3,(H,14,15). The van der Waals surface area contributed by atoms with Crippen molar-refractivity contribution in [2.45, 2.75) is 0 Å². The second-order valence-electron chi connectivity index (χ2n) is 3.68. The Kier molecular flexibility index (Phi) is 2.64. The zero-order chi connectivity index (χ0) is 12.5. The van der Waals surface area contributed by atoms with Gasteiger partial charge >= 0.3 is 0 Å². The molecule has 92 valence electrons. The number of thiazole rings is 1. The summed E-state index contributed by atoms with van der Waals surface area (Å²) < 4.78 is 10.5. The van der Waals surface area contributed by atoms with Crippen molar-refractivity contribution in [1.82, 2.24) is 15.0 Å². The van der Waals surface area contributed by atoms with Crippen LogP contribution >= 0.6 is 11.3 Å². The van der Waals surface area contributed by atoms with E-state index in [0.717, 1.165) is 22.6 Å². The van der Waals surface area contributed by atoms with Crippen LogP contribution in [-0.2, 0) is 0 Å². The molecule has 0 saturated heterocycles. The van der Waals surface area contributed by atoms with Crippen LogP contribution in [-0.4, -0.2) is 29.2 Å². The number of hydrogen-bond acceptors (Lipinski definition) is 5. The van der Waals surface area contributed by atoms with Crippen LogP contribution in [0.25, 0.3) is 22.6 Å². The maximum Gasteiger partial charge on any atom is 0.163 e. The summed E-state index contributed by atoms with van der Waals surface area (Å²) in [6.45, 7) is 0. The van der Waals surface area contributed by atoms with E-state index in [1.807, 2.05) is 17.5 Å². The molecule has 3 aromatic rings. The van der Waals surface area contributed by atoms with Gasteiger partial charge in [0.05, 0.1) is 30.8 Å². The first kappa shape index (κ1) is 11.0. The summed E-state index contributed by atoms with van der Waals surface area (Å²) in [6, 6.07) is 3.72.